The number of amides is 1. The van der Waals surface area contributed by atoms with Crippen LogP contribution < -0.4 is 15.1 Å². The zero-order chi connectivity index (χ0) is 19.2. The minimum Gasteiger partial charge on any atom is -0.371 e. The molecule has 0 radical (unpaired) electrons. The minimum absolute atomic E-state index is 0.0228. The SMILES string of the molecule is CCN(c1ccc(C(=O)NCc2ccccc2N2CCCC2)cc1)C(C)C. The smallest absolute Gasteiger partial charge is 0.251 e. The molecule has 1 saturated heterocycles. The van der Waals surface area contributed by atoms with Gasteiger partial charge in [-0.2, -0.15) is 0 Å². The molecule has 0 unspecified atom stereocenters. The Morgan fingerprint density at radius 1 is 1.07 bits per heavy atom. The molecule has 3 rings (SSSR count). The number of nitrogens with one attached hydrogen (secondary N) is 1. The number of carbonyl (C=O) groups is 1. The molecule has 0 spiro atoms. The Kier molecular flexibility index (Phi) is 6.38. The Labute approximate surface area is 163 Å². The Morgan fingerprint density at radius 2 is 1.74 bits per heavy atom. The lowest BCUT2D eigenvalue weighted by molar-refractivity contribution is 0.0951. The fourth-order valence-electron chi connectivity index (χ4n) is 3.85. The second kappa shape index (κ2) is 8.94. The molecule has 1 N–H and O–H groups in total. The highest BCUT2D eigenvalue weighted by Crippen LogP contribution is 2.24. The van der Waals surface area contributed by atoms with Gasteiger partial charge < -0.3 is 15.1 Å². The van der Waals surface area contributed by atoms with Crippen molar-refractivity contribution in [3.63, 3.8) is 0 Å². The van der Waals surface area contributed by atoms with Crippen molar-refractivity contribution in [1.29, 1.82) is 0 Å². The van der Waals surface area contributed by atoms with Crippen molar-refractivity contribution in [3.8, 4) is 0 Å². The van der Waals surface area contributed by atoms with Crippen LogP contribution in [0.5, 0.6) is 0 Å². The molecule has 2 aromatic carbocycles. The Hall–Kier alpha value is -2.49. The molecule has 0 saturated carbocycles. The number of hydrogen-bond acceptors (Lipinski definition) is 3. The van der Waals surface area contributed by atoms with Crippen LogP contribution in [0.1, 0.15) is 49.5 Å². The Balaban J connectivity index is 1.65. The molecule has 0 atom stereocenters. The van der Waals surface area contributed by atoms with E-state index in [-0.39, 0.29) is 5.91 Å². The summed E-state index contributed by atoms with van der Waals surface area (Å²) >= 11 is 0. The molecular weight excluding hydrogens is 334 g/mol. The summed E-state index contributed by atoms with van der Waals surface area (Å²) in [7, 11) is 0. The normalized spacial score (nSPS) is 13.9. The van der Waals surface area contributed by atoms with Gasteiger partial charge in [-0.1, -0.05) is 18.2 Å². The van der Waals surface area contributed by atoms with Crippen LogP contribution in [-0.2, 0) is 6.54 Å². The largest absolute Gasteiger partial charge is 0.371 e. The highest BCUT2D eigenvalue weighted by atomic mass is 16.1. The summed E-state index contributed by atoms with van der Waals surface area (Å²) in [6.07, 6.45) is 2.50. The topological polar surface area (TPSA) is 35.6 Å². The molecule has 0 aliphatic carbocycles. The maximum Gasteiger partial charge on any atom is 0.251 e. The number of hydrogen-bond donors (Lipinski definition) is 1. The fourth-order valence-corrected chi connectivity index (χ4v) is 3.85. The molecule has 4 heteroatoms. The average molecular weight is 366 g/mol. The molecule has 1 aliphatic rings. The number of benzene rings is 2. The van der Waals surface area contributed by atoms with Crippen LogP contribution in [0.3, 0.4) is 0 Å². The molecule has 1 fully saturated rings. The van der Waals surface area contributed by atoms with E-state index in [9.17, 15) is 4.79 Å². The third kappa shape index (κ3) is 4.62. The highest BCUT2D eigenvalue weighted by molar-refractivity contribution is 5.94. The predicted molar refractivity (Wildman–Crippen MR) is 114 cm³/mol. The van der Waals surface area contributed by atoms with E-state index in [1.54, 1.807) is 0 Å². The standard InChI is InChI=1S/C23H31N3O/c1-4-26(18(2)3)21-13-11-19(12-14-21)23(27)24-17-20-9-5-6-10-22(20)25-15-7-8-16-25/h5-6,9-14,18H,4,7-8,15-17H2,1-3H3,(H,24,27). The van der Waals surface area contributed by atoms with E-state index < -0.39 is 0 Å². The number of nitrogens with zero attached hydrogens (tertiary/aromatic N) is 2. The zero-order valence-corrected chi connectivity index (χ0v) is 16.7. The lowest BCUT2D eigenvalue weighted by atomic mass is 10.1. The van der Waals surface area contributed by atoms with Crippen LogP contribution in [0.25, 0.3) is 0 Å². The summed E-state index contributed by atoms with van der Waals surface area (Å²) in [5.41, 5.74) is 4.29. The first-order valence-corrected chi connectivity index (χ1v) is 10.1. The van der Waals surface area contributed by atoms with E-state index in [1.807, 2.05) is 30.3 Å². The molecular formula is C23H31N3O. The number of anilines is 2. The summed E-state index contributed by atoms with van der Waals surface area (Å²) in [4.78, 5) is 17.3. The quantitative estimate of drug-likeness (QED) is 0.787. The van der Waals surface area contributed by atoms with Gasteiger partial charge in [-0.05, 0) is 69.5 Å². The molecule has 0 bridgehead atoms. The molecule has 1 heterocycles. The van der Waals surface area contributed by atoms with E-state index in [1.165, 1.54) is 24.1 Å². The van der Waals surface area contributed by atoms with Crippen molar-refractivity contribution in [1.82, 2.24) is 5.32 Å². The number of carbonyl (C=O) groups excluding carboxylic acids is 1. The van der Waals surface area contributed by atoms with Gasteiger partial charge in [-0.15, -0.1) is 0 Å². The summed E-state index contributed by atoms with van der Waals surface area (Å²) in [5, 5.41) is 3.09. The van der Waals surface area contributed by atoms with E-state index >= 15 is 0 Å². The molecule has 1 amide bonds. The van der Waals surface area contributed by atoms with Crippen molar-refractivity contribution in [2.75, 3.05) is 29.4 Å². The van der Waals surface area contributed by atoms with Crippen molar-refractivity contribution in [2.45, 2.75) is 46.2 Å². The number of para-hydroxylation sites is 1. The van der Waals surface area contributed by atoms with Crippen LogP contribution in [0.4, 0.5) is 11.4 Å². The van der Waals surface area contributed by atoms with Gasteiger partial charge in [0.1, 0.15) is 0 Å². The average Bonchev–Trinajstić information content (AvgIpc) is 3.22. The van der Waals surface area contributed by atoms with Crippen molar-refractivity contribution < 1.29 is 4.79 Å². The Morgan fingerprint density at radius 3 is 2.37 bits per heavy atom. The lowest BCUT2D eigenvalue weighted by Crippen LogP contribution is -2.30. The van der Waals surface area contributed by atoms with Crippen LogP contribution >= 0.6 is 0 Å². The van der Waals surface area contributed by atoms with Gasteiger partial charge in [-0.25, -0.2) is 0 Å². The molecule has 4 nitrogen and oxygen atoms in total. The molecule has 2 aromatic rings. The fraction of sp³-hybridized carbons (Fsp3) is 0.435. The first-order valence-electron chi connectivity index (χ1n) is 10.1. The van der Waals surface area contributed by atoms with Crippen LogP contribution in [-0.4, -0.2) is 31.6 Å². The summed E-state index contributed by atoms with van der Waals surface area (Å²) in [6, 6.07) is 16.7. The van der Waals surface area contributed by atoms with Crippen molar-refractivity contribution in [2.24, 2.45) is 0 Å². The van der Waals surface area contributed by atoms with E-state index in [0.717, 1.165) is 25.3 Å². The van der Waals surface area contributed by atoms with Crippen molar-refractivity contribution in [3.05, 3.63) is 59.7 Å². The zero-order valence-electron chi connectivity index (χ0n) is 16.7. The van der Waals surface area contributed by atoms with Crippen LogP contribution in [0, 0.1) is 0 Å². The van der Waals surface area contributed by atoms with Gasteiger partial charge in [0.2, 0.25) is 0 Å². The van der Waals surface area contributed by atoms with Gasteiger partial charge in [0, 0.05) is 49.2 Å². The lowest BCUT2D eigenvalue weighted by Gasteiger charge is -2.27. The van der Waals surface area contributed by atoms with Gasteiger partial charge in [0.25, 0.3) is 5.91 Å². The van der Waals surface area contributed by atoms with Gasteiger partial charge >= 0.3 is 0 Å². The Bertz CT molecular complexity index is 748. The van der Waals surface area contributed by atoms with E-state index in [4.69, 9.17) is 0 Å². The van der Waals surface area contributed by atoms with Crippen LogP contribution in [0.15, 0.2) is 48.5 Å². The molecule has 0 aromatic heterocycles. The first-order chi connectivity index (χ1) is 13.1. The van der Waals surface area contributed by atoms with E-state index in [2.05, 4.69) is 54.1 Å². The van der Waals surface area contributed by atoms with Gasteiger partial charge in [-0.3, -0.25) is 4.79 Å². The predicted octanol–water partition coefficient (Wildman–Crippen LogP) is 4.45. The van der Waals surface area contributed by atoms with Gasteiger partial charge in [0.15, 0.2) is 0 Å². The summed E-state index contributed by atoms with van der Waals surface area (Å²) in [5.74, 6) is -0.0228. The highest BCUT2D eigenvalue weighted by Gasteiger charge is 2.16. The minimum atomic E-state index is -0.0228. The second-order valence-corrected chi connectivity index (χ2v) is 7.43. The molecule has 144 valence electrons. The van der Waals surface area contributed by atoms with Gasteiger partial charge in [0.05, 0.1) is 0 Å². The monoisotopic (exact) mass is 365 g/mol. The molecule has 1 aliphatic heterocycles. The second-order valence-electron chi connectivity index (χ2n) is 7.43. The summed E-state index contributed by atoms with van der Waals surface area (Å²) < 4.78 is 0. The van der Waals surface area contributed by atoms with Crippen molar-refractivity contribution >= 4 is 17.3 Å². The number of rotatable bonds is 7. The summed E-state index contributed by atoms with van der Waals surface area (Å²) in [6.45, 7) is 10.2. The first kappa shape index (κ1) is 19.3. The maximum absolute atomic E-state index is 12.6. The third-order valence-electron chi connectivity index (χ3n) is 5.30. The van der Waals surface area contributed by atoms with Crippen LogP contribution in [0.2, 0.25) is 0 Å². The maximum atomic E-state index is 12.6. The third-order valence-corrected chi connectivity index (χ3v) is 5.30. The molecule has 27 heavy (non-hydrogen) atoms. The van der Waals surface area contributed by atoms with E-state index in [0.29, 0.717) is 18.2 Å².